The predicted molar refractivity (Wildman–Crippen MR) is 102 cm³/mol. The van der Waals surface area contributed by atoms with Gasteiger partial charge in [0.1, 0.15) is 0 Å². The predicted octanol–water partition coefficient (Wildman–Crippen LogP) is 3.76. The van der Waals surface area contributed by atoms with Crippen LogP contribution in [0.1, 0.15) is 36.3 Å². The fourth-order valence-electron chi connectivity index (χ4n) is 3.63. The van der Waals surface area contributed by atoms with Crippen LogP contribution in [-0.4, -0.2) is 18.4 Å². The zero-order valence-electron chi connectivity index (χ0n) is 14.5. The van der Waals surface area contributed by atoms with E-state index in [0.29, 0.717) is 5.92 Å². The van der Waals surface area contributed by atoms with Gasteiger partial charge in [0.25, 0.3) is 10.0 Å². The van der Waals surface area contributed by atoms with Gasteiger partial charge in [-0.1, -0.05) is 50.2 Å². The summed E-state index contributed by atoms with van der Waals surface area (Å²) in [4.78, 5) is 9.85. The highest BCUT2D eigenvalue weighted by atomic mass is 32.2. The van der Waals surface area contributed by atoms with E-state index in [1.807, 2.05) is 30.5 Å². The van der Waals surface area contributed by atoms with Gasteiger partial charge >= 0.3 is 0 Å². The van der Waals surface area contributed by atoms with Crippen LogP contribution in [0.4, 0.5) is 0 Å². The number of hydrogen-bond donors (Lipinski definition) is 1. The Morgan fingerprint density at radius 1 is 1.00 bits per heavy atom. The largest absolute Gasteiger partial charge is 0.255 e. The molecule has 5 nitrogen and oxygen atoms in total. The normalized spacial score (nSPS) is 21.5. The Kier molecular flexibility index (Phi) is 3.98. The highest BCUT2D eigenvalue weighted by Gasteiger charge is 2.60. The highest BCUT2D eigenvalue weighted by molar-refractivity contribution is 7.89. The van der Waals surface area contributed by atoms with Crippen LogP contribution >= 0.6 is 11.3 Å². The molecule has 26 heavy (non-hydrogen) atoms. The third-order valence-electron chi connectivity index (χ3n) is 5.09. The Morgan fingerprint density at radius 2 is 1.73 bits per heavy atom. The number of pyridine rings is 1. The molecule has 0 amide bonds. The summed E-state index contributed by atoms with van der Waals surface area (Å²) in [7, 11) is -3.77. The number of benzene rings is 1. The lowest BCUT2D eigenvalue weighted by atomic mass is 10.1. The molecule has 0 radical (unpaired) electrons. The van der Waals surface area contributed by atoms with Gasteiger partial charge < -0.3 is 0 Å². The summed E-state index contributed by atoms with van der Waals surface area (Å²) in [5.74, 6) is 0.561. The second-order valence-electron chi connectivity index (χ2n) is 7.18. The molecule has 1 saturated carbocycles. The molecule has 0 spiro atoms. The number of rotatable bonds is 4. The van der Waals surface area contributed by atoms with Gasteiger partial charge in [0.2, 0.25) is 0 Å². The number of thiazole rings is 1. The average molecular weight is 386 g/mol. The number of primary sulfonamides is 1. The van der Waals surface area contributed by atoms with Crippen LogP contribution in [0, 0.1) is 5.41 Å². The molecular weight excluding hydrogens is 366 g/mol. The van der Waals surface area contributed by atoms with E-state index in [2.05, 4.69) is 35.9 Å². The fraction of sp³-hybridized carbons (Fsp3) is 0.263. The molecule has 0 saturated heterocycles. The van der Waals surface area contributed by atoms with Crippen LogP contribution in [0.2, 0.25) is 0 Å². The Bertz CT molecular complexity index is 1040. The van der Waals surface area contributed by atoms with Crippen molar-refractivity contribution in [3.63, 3.8) is 0 Å². The number of sulfonamides is 1. The quantitative estimate of drug-likeness (QED) is 0.741. The molecule has 1 aliphatic carbocycles. The van der Waals surface area contributed by atoms with E-state index in [9.17, 15) is 8.42 Å². The van der Waals surface area contributed by atoms with Crippen LogP contribution in [0.15, 0.2) is 59.9 Å². The maximum Gasteiger partial charge on any atom is 0.255 e. The third kappa shape index (κ3) is 2.96. The van der Waals surface area contributed by atoms with Crippen LogP contribution in [0.3, 0.4) is 0 Å². The van der Waals surface area contributed by atoms with Gasteiger partial charge in [0, 0.05) is 24.2 Å². The topological polar surface area (TPSA) is 85.9 Å². The smallest absolute Gasteiger partial charge is 0.249 e. The maximum atomic E-state index is 11.4. The lowest BCUT2D eigenvalue weighted by Gasteiger charge is -2.03. The van der Waals surface area contributed by atoms with E-state index in [-0.39, 0.29) is 16.4 Å². The molecule has 2 atom stereocenters. The van der Waals surface area contributed by atoms with E-state index in [4.69, 9.17) is 5.14 Å². The number of aromatic nitrogens is 2. The summed E-state index contributed by atoms with van der Waals surface area (Å²) in [6, 6.07) is 13.5. The van der Waals surface area contributed by atoms with Crippen molar-refractivity contribution in [3.05, 3.63) is 65.4 Å². The van der Waals surface area contributed by atoms with Crippen molar-refractivity contribution in [1.82, 2.24) is 9.97 Å². The Balaban J connectivity index is 1.62. The molecule has 3 aromatic rings. The minimum atomic E-state index is -3.77. The van der Waals surface area contributed by atoms with E-state index >= 15 is 0 Å². The van der Waals surface area contributed by atoms with E-state index in [0.717, 1.165) is 15.4 Å². The van der Waals surface area contributed by atoms with E-state index in [1.54, 1.807) is 17.5 Å². The van der Waals surface area contributed by atoms with E-state index < -0.39 is 10.0 Å². The van der Waals surface area contributed by atoms with Crippen molar-refractivity contribution in [2.24, 2.45) is 10.6 Å². The second-order valence-corrected chi connectivity index (χ2v) is 9.75. The zero-order chi connectivity index (χ0) is 18.5. The van der Waals surface area contributed by atoms with Crippen molar-refractivity contribution in [2.45, 2.75) is 30.7 Å². The first-order valence-electron chi connectivity index (χ1n) is 8.28. The standard InChI is InChI=1S/C19H19N3O2S2/c1-19(2)16(13-8-9-15(21-10-13)26(20,23)24)17(19)18-22-11-14(25-18)12-6-4-3-5-7-12/h3-11,16-17H,1-2H3,(H2,20,23,24)/t16-,17+/m1/s1. The van der Waals surface area contributed by atoms with Crippen LogP contribution in [-0.2, 0) is 10.0 Å². The van der Waals surface area contributed by atoms with E-state index in [1.165, 1.54) is 11.6 Å². The van der Waals surface area contributed by atoms with Crippen molar-refractivity contribution >= 4 is 21.4 Å². The molecule has 2 N–H and O–H groups in total. The van der Waals surface area contributed by atoms with Crippen molar-refractivity contribution in [1.29, 1.82) is 0 Å². The summed E-state index contributed by atoms with van der Waals surface area (Å²) in [6.07, 6.45) is 3.56. The molecule has 2 aromatic heterocycles. The first kappa shape index (κ1) is 17.3. The van der Waals surface area contributed by atoms with Gasteiger partial charge in [0.15, 0.2) is 5.03 Å². The van der Waals surface area contributed by atoms with Crippen LogP contribution in [0.25, 0.3) is 10.4 Å². The Labute approximate surface area is 157 Å². The van der Waals surface area contributed by atoms with Gasteiger partial charge in [-0.15, -0.1) is 11.3 Å². The highest BCUT2D eigenvalue weighted by Crippen LogP contribution is 2.70. The zero-order valence-corrected chi connectivity index (χ0v) is 16.1. The SMILES string of the molecule is CC1(C)[C@H](c2ccc(S(N)(=O)=O)nc2)[C@H]1c1ncc(-c2ccccc2)s1. The molecular formula is C19H19N3O2S2. The molecule has 0 aliphatic heterocycles. The van der Waals surface area contributed by atoms with Gasteiger partial charge in [-0.25, -0.2) is 23.5 Å². The minimum absolute atomic E-state index is 0.0522. The Hall–Kier alpha value is -2.09. The lowest BCUT2D eigenvalue weighted by Crippen LogP contribution is -2.13. The van der Waals surface area contributed by atoms with Gasteiger partial charge in [-0.05, 0) is 22.6 Å². The van der Waals surface area contributed by atoms with Crippen molar-refractivity contribution < 1.29 is 8.42 Å². The van der Waals surface area contributed by atoms with Gasteiger partial charge in [0.05, 0.1) is 9.88 Å². The summed E-state index contributed by atoms with van der Waals surface area (Å²) in [5, 5.41) is 6.14. The fourth-order valence-corrected chi connectivity index (χ4v) is 5.35. The van der Waals surface area contributed by atoms with Crippen molar-refractivity contribution in [3.8, 4) is 10.4 Å². The first-order valence-corrected chi connectivity index (χ1v) is 10.6. The molecule has 1 fully saturated rings. The monoisotopic (exact) mass is 385 g/mol. The summed E-state index contributed by atoms with van der Waals surface area (Å²) in [5.41, 5.74) is 2.24. The average Bonchev–Trinajstić information content (AvgIpc) is 2.95. The summed E-state index contributed by atoms with van der Waals surface area (Å²) < 4.78 is 22.8. The molecule has 0 unspecified atom stereocenters. The third-order valence-corrected chi connectivity index (χ3v) is 7.04. The number of hydrogen-bond acceptors (Lipinski definition) is 5. The van der Waals surface area contributed by atoms with Crippen molar-refractivity contribution in [2.75, 3.05) is 0 Å². The van der Waals surface area contributed by atoms with Crippen LogP contribution in [0.5, 0.6) is 0 Å². The summed E-state index contributed by atoms with van der Waals surface area (Å²) >= 11 is 1.72. The molecule has 1 aromatic carbocycles. The molecule has 0 bridgehead atoms. The minimum Gasteiger partial charge on any atom is -0.249 e. The summed E-state index contributed by atoms with van der Waals surface area (Å²) in [6.45, 7) is 4.42. The first-order chi connectivity index (χ1) is 12.3. The number of nitrogens with two attached hydrogens (primary N) is 1. The molecule has 1 aliphatic rings. The van der Waals surface area contributed by atoms with Gasteiger partial charge in [-0.2, -0.15) is 0 Å². The Morgan fingerprint density at radius 3 is 2.35 bits per heavy atom. The molecule has 7 heteroatoms. The number of nitrogens with zero attached hydrogens (tertiary/aromatic N) is 2. The second kappa shape index (κ2) is 5.97. The molecule has 4 rings (SSSR count). The lowest BCUT2D eigenvalue weighted by molar-refractivity contribution is 0.593. The molecule has 134 valence electrons. The van der Waals surface area contributed by atoms with Gasteiger partial charge in [-0.3, -0.25) is 0 Å². The van der Waals surface area contributed by atoms with Crippen LogP contribution < -0.4 is 5.14 Å². The molecule has 2 heterocycles. The maximum absolute atomic E-state index is 11.4.